The lowest BCUT2D eigenvalue weighted by atomic mass is 10.2. The molecule has 8 nitrogen and oxygen atoms in total. The molecule has 0 aliphatic rings. The van der Waals surface area contributed by atoms with Crippen LogP contribution in [0.15, 0.2) is 47.4 Å². The molecule has 0 heterocycles. The zero-order chi connectivity index (χ0) is 19.3. The minimum atomic E-state index is -4.00. The molecule has 0 saturated heterocycles. The summed E-state index contributed by atoms with van der Waals surface area (Å²) in [5.74, 6) is -0.490. The molecule has 0 radical (unpaired) electrons. The minimum absolute atomic E-state index is 0.221. The summed E-state index contributed by atoms with van der Waals surface area (Å²) in [6.45, 7) is 3.71. The maximum Gasteiger partial charge on any atom is 0.338 e. The van der Waals surface area contributed by atoms with Gasteiger partial charge in [0, 0.05) is 17.3 Å². The second-order valence-electron chi connectivity index (χ2n) is 5.52. The summed E-state index contributed by atoms with van der Waals surface area (Å²) >= 11 is 0. The molecule has 0 aliphatic heterocycles. The van der Waals surface area contributed by atoms with Crippen molar-refractivity contribution in [2.24, 2.45) is 0 Å². The van der Waals surface area contributed by atoms with Crippen molar-refractivity contribution in [1.29, 1.82) is 0 Å². The van der Waals surface area contributed by atoms with Crippen molar-refractivity contribution in [3.8, 4) is 0 Å². The average molecular weight is 378 g/mol. The zero-order valence-corrected chi connectivity index (χ0v) is 15.1. The Morgan fingerprint density at radius 1 is 1.19 bits per heavy atom. The van der Waals surface area contributed by atoms with Gasteiger partial charge in [-0.3, -0.25) is 14.8 Å². The first-order valence-electron chi connectivity index (χ1n) is 7.79. The number of carbonyl (C=O) groups is 1. The van der Waals surface area contributed by atoms with Gasteiger partial charge in [0.25, 0.3) is 15.7 Å². The third-order valence-corrected chi connectivity index (χ3v) is 4.88. The molecule has 0 fully saturated rings. The first-order chi connectivity index (χ1) is 12.2. The van der Waals surface area contributed by atoms with E-state index in [0.29, 0.717) is 24.2 Å². The van der Waals surface area contributed by atoms with E-state index in [1.165, 1.54) is 43.3 Å². The highest BCUT2D eigenvalue weighted by Gasteiger charge is 2.20. The number of nitrogens with zero attached hydrogens (tertiary/aromatic N) is 1. The van der Waals surface area contributed by atoms with E-state index < -0.39 is 20.9 Å². The molecule has 26 heavy (non-hydrogen) atoms. The Bertz CT molecular complexity index is 923. The molecule has 2 aromatic rings. The predicted molar refractivity (Wildman–Crippen MR) is 95.7 cm³/mol. The highest BCUT2D eigenvalue weighted by atomic mass is 32.2. The molecule has 0 spiro atoms. The Kier molecular flexibility index (Phi) is 5.93. The van der Waals surface area contributed by atoms with E-state index >= 15 is 0 Å². The Labute approximate surface area is 151 Å². The molecular weight excluding hydrogens is 360 g/mol. The van der Waals surface area contributed by atoms with Gasteiger partial charge < -0.3 is 4.74 Å². The number of esters is 1. The third-order valence-electron chi connectivity index (χ3n) is 3.50. The Morgan fingerprint density at radius 3 is 2.42 bits per heavy atom. The normalized spacial score (nSPS) is 11.0. The predicted octanol–water partition coefficient (Wildman–Crippen LogP) is 3.27. The first kappa shape index (κ1) is 19.4. The second kappa shape index (κ2) is 7.96. The molecule has 9 heteroatoms. The smallest absolute Gasteiger partial charge is 0.338 e. The molecule has 0 aliphatic carbocycles. The Morgan fingerprint density at radius 2 is 1.85 bits per heavy atom. The summed E-state index contributed by atoms with van der Waals surface area (Å²) < 4.78 is 32.2. The van der Waals surface area contributed by atoms with Gasteiger partial charge in [0.05, 0.1) is 22.0 Å². The Hall–Kier alpha value is -2.94. The molecule has 0 unspecified atom stereocenters. The molecule has 0 aromatic heterocycles. The number of nitrogens with one attached hydrogen (secondary N) is 1. The lowest BCUT2D eigenvalue weighted by Crippen LogP contribution is -2.13. The number of nitro benzene ring substituents is 1. The van der Waals surface area contributed by atoms with E-state index in [1.807, 2.05) is 6.92 Å². The summed E-state index contributed by atoms with van der Waals surface area (Å²) in [5.41, 5.74) is 0.610. The van der Waals surface area contributed by atoms with Gasteiger partial charge >= 0.3 is 5.97 Å². The number of anilines is 1. The number of ether oxygens (including phenoxy) is 1. The molecule has 0 saturated carbocycles. The van der Waals surface area contributed by atoms with Crippen LogP contribution < -0.4 is 4.72 Å². The zero-order valence-electron chi connectivity index (χ0n) is 14.3. The number of hydrogen-bond acceptors (Lipinski definition) is 6. The maximum atomic E-state index is 12.4. The average Bonchev–Trinajstić information content (AvgIpc) is 2.59. The lowest BCUT2D eigenvalue weighted by molar-refractivity contribution is -0.385. The van der Waals surface area contributed by atoms with Crippen molar-refractivity contribution in [3.63, 3.8) is 0 Å². The van der Waals surface area contributed by atoms with E-state index in [2.05, 4.69) is 4.72 Å². The highest BCUT2D eigenvalue weighted by molar-refractivity contribution is 7.92. The molecule has 2 rings (SSSR count). The Balaban J connectivity index is 2.20. The molecule has 138 valence electrons. The summed E-state index contributed by atoms with van der Waals surface area (Å²) in [4.78, 5) is 21.9. The van der Waals surface area contributed by atoms with Crippen molar-refractivity contribution >= 4 is 27.4 Å². The van der Waals surface area contributed by atoms with Gasteiger partial charge in [-0.05, 0) is 43.7 Å². The van der Waals surface area contributed by atoms with E-state index in [1.54, 1.807) is 0 Å². The molecule has 0 bridgehead atoms. The van der Waals surface area contributed by atoms with Crippen molar-refractivity contribution in [2.75, 3.05) is 11.3 Å². The maximum absolute atomic E-state index is 12.4. The van der Waals surface area contributed by atoms with Crippen LogP contribution in [0.3, 0.4) is 0 Å². The van der Waals surface area contributed by atoms with Gasteiger partial charge in [-0.2, -0.15) is 0 Å². The van der Waals surface area contributed by atoms with Crippen molar-refractivity contribution in [2.45, 2.75) is 25.2 Å². The first-order valence-corrected chi connectivity index (χ1v) is 9.28. The van der Waals surface area contributed by atoms with Crippen LogP contribution in [0.25, 0.3) is 0 Å². The summed E-state index contributed by atoms with van der Waals surface area (Å²) in [5, 5.41) is 11.0. The number of sulfonamides is 1. The van der Waals surface area contributed by atoms with Crippen LogP contribution in [0.2, 0.25) is 0 Å². The molecular formula is C17H18N2O6S. The van der Waals surface area contributed by atoms with Crippen molar-refractivity contribution in [1.82, 2.24) is 0 Å². The van der Waals surface area contributed by atoms with Crippen LogP contribution in [0.1, 0.15) is 29.3 Å². The second-order valence-corrected chi connectivity index (χ2v) is 7.21. The summed E-state index contributed by atoms with van der Waals surface area (Å²) in [6.07, 6.45) is 0.701. The van der Waals surface area contributed by atoms with Crippen molar-refractivity contribution < 1.29 is 22.9 Å². The fourth-order valence-electron chi connectivity index (χ4n) is 2.12. The van der Waals surface area contributed by atoms with E-state index in [4.69, 9.17) is 4.74 Å². The van der Waals surface area contributed by atoms with Crippen LogP contribution >= 0.6 is 0 Å². The van der Waals surface area contributed by atoms with Crippen LogP contribution in [-0.2, 0) is 14.8 Å². The van der Waals surface area contributed by atoms with Gasteiger partial charge in [0.15, 0.2) is 0 Å². The number of benzene rings is 2. The fraction of sp³-hybridized carbons (Fsp3) is 0.235. The van der Waals surface area contributed by atoms with E-state index in [0.717, 1.165) is 6.07 Å². The number of nitro groups is 1. The summed E-state index contributed by atoms with van der Waals surface area (Å²) in [7, 11) is -4.00. The fourth-order valence-corrected chi connectivity index (χ4v) is 3.20. The number of aryl methyl sites for hydroxylation is 1. The van der Waals surface area contributed by atoms with Crippen molar-refractivity contribution in [3.05, 3.63) is 63.7 Å². The van der Waals surface area contributed by atoms with E-state index in [-0.39, 0.29) is 16.3 Å². The van der Waals surface area contributed by atoms with Crippen LogP contribution in [0.5, 0.6) is 0 Å². The van der Waals surface area contributed by atoms with E-state index in [9.17, 15) is 23.3 Å². The van der Waals surface area contributed by atoms with Crippen LogP contribution in [0.4, 0.5) is 11.4 Å². The number of hydrogen-bond donors (Lipinski definition) is 1. The topological polar surface area (TPSA) is 116 Å². The quantitative estimate of drug-likeness (QED) is 0.449. The number of rotatable bonds is 7. The van der Waals surface area contributed by atoms with Crippen LogP contribution in [0, 0.1) is 17.0 Å². The molecule has 0 atom stereocenters. The highest BCUT2D eigenvalue weighted by Crippen LogP contribution is 2.24. The summed E-state index contributed by atoms with van der Waals surface area (Å²) in [6, 6.07) is 9.39. The van der Waals surface area contributed by atoms with Gasteiger partial charge in [-0.15, -0.1) is 0 Å². The lowest BCUT2D eigenvalue weighted by Gasteiger charge is -2.09. The number of carbonyl (C=O) groups excluding carboxylic acids is 1. The monoisotopic (exact) mass is 378 g/mol. The SMILES string of the molecule is CCCOC(=O)c1ccc(NS(=O)(=O)c2ccc(C)c([N+](=O)[O-])c2)cc1. The van der Waals surface area contributed by atoms with Gasteiger partial charge in [-0.1, -0.05) is 13.0 Å². The van der Waals surface area contributed by atoms with Gasteiger partial charge in [0.2, 0.25) is 0 Å². The van der Waals surface area contributed by atoms with Gasteiger partial charge in [-0.25, -0.2) is 13.2 Å². The molecule has 2 aromatic carbocycles. The molecule has 1 N–H and O–H groups in total. The van der Waals surface area contributed by atoms with Crippen LogP contribution in [-0.4, -0.2) is 25.9 Å². The molecule has 0 amide bonds. The van der Waals surface area contributed by atoms with Gasteiger partial charge in [0.1, 0.15) is 0 Å². The minimum Gasteiger partial charge on any atom is -0.462 e. The standard InChI is InChI=1S/C17H18N2O6S/c1-3-10-25-17(20)13-5-7-14(8-6-13)18-26(23,24)15-9-4-12(2)16(11-15)19(21)22/h4-9,11,18H,3,10H2,1-2H3. The third kappa shape index (κ3) is 4.57. The largest absolute Gasteiger partial charge is 0.462 e.